The Morgan fingerprint density at radius 3 is 1.83 bits per heavy atom. The van der Waals surface area contributed by atoms with E-state index in [0.29, 0.717) is 5.95 Å². The van der Waals surface area contributed by atoms with Crippen molar-refractivity contribution in [3.05, 3.63) is 194 Å². The molecule has 0 radical (unpaired) electrons. The maximum absolute atomic E-state index is 5.25. The molecule has 0 fully saturated rings. The summed E-state index contributed by atoms with van der Waals surface area (Å²) in [5, 5.41) is 10.1. The normalized spacial score (nSPS) is 12.1. The van der Waals surface area contributed by atoms with Crippen LogP contribution in [0.5, 0.6) is 0 Å². The lowest BCUT2D eigenvalue weighted by Gasteiger charge is -2.12. The maximum Gasteiger partial charge on any atom is 0.235 e. The number of fused-ring (bicyclic) bond motifs is 6. The molecule has 0 N–H and O–H groups in total. The van der Waals surface area contributed by atoms with E-state index in [1.165, 1.54) is 80.3 Å². The Morgan fingerprint density at radius 1 is 0.373 bits per heavy atom. The summed E-state index contributed by atoms with van der Waals surface area (Å²) in [6, 6.07) is 69.9. The van der Waals surface area contributed by atoms with Crippen molar-refractivity contribution in [3.63, 3.8) is 0 Å². The van der Waals surface area contributed by atoms with E-state index >= 15 is 0 Å². The fourth-order valence-electron chi connectivity index (χ4n) is 9.51. The lowest BCUT2D eigenvalue weighted by atomic mass is 9.94. The Morgan fingerprint density at radius 2 is 1.02 bits per heavy atom. The van der Waals surface area contributed by atoms with E-state index in [9.17, 15) is 0 Å². The average Bonchev–Trinajstić information content (AvgIpc) is 3.97. The summed E-state index contributed by atoms with van der Waals surface area (Å²) >= 11 is 1.88. The summed E-state index contributed by atoms with van der Waals surface area (Å²) < 4.78 is 7.35. The van der Waals surface area contributed by atoms with Gasteiger partial charge in [-0.25, -0.2) is 9.97 Å². The number of aromatic nitrogens is 4. The standard InChI is InChI=1S/C54H32N4S/c1-3-13-33(14-4-1)43-32-44(34-15-5-2-6-16-34)56-54(55-43)58-45-21-9-7-18-38(45)42-31-36(26-29-46(42)58)37-28-30-48-52-40(37)27-25-35-17-11-22-47(51(35)52)57(48)49-23-12-20-41-39-19-8-10-24-50(39)59-53(41)49/h1-32H. The second-order valence-corrected chi connectivity index (χ2v) is 16.4. The van der Waals surface area contributed by atoms with Crippen molar-refractivity contribution in [2.24, 2.45) is 0 Å². The molecule has 0 saturated carbocycles. The van der Waals surface area contributed by atoms with Gasteiger partial charge in [-0.3, -0.25) is 4.57 Å². The number of para-hydroxylation sites is 1. The molecule has 4 aromatic heterocycles. The van der Waals surface area contributed by atoms with Crippen molar-refractivity contribution in [1.82, 2.24) is 19.1 Å². The second kappa shape index (κ2) is 12.4. The molecule has 5 heteroatoms. The zero-order valence-corrected chi connectivity index (χ0v) is 32.5. The molecule has 13 aromatic rings. The van der Waals surface area contributed by atoms with Crippen LogP contribution in [-0.2, 0) is 0 Å². The summed E-state index contributed by atoms with van der Waals surface area (Å²) in [7, 11) is 0. The third-order valence-electron chi connectivity index (χ3n) is 12.1. The van der Waals surface area contributed by atoms with Crippen molar-refractivity contribution in [2.75, 3.05) is 0 Å². The highest BCUT2D eigenvalue weighted by Crippen LogP contribution is 2.46. The maximum atomic E-state index is 5.25. The van der Waals surface area contributed by atoms with E-state index in [1.807, 2.05) is 23.5 Å². The predicted molar refractivity (Wildman–Crippen MR) is 249 cm³/mol. The van der Waals surface area contributed by atoms with Crippen molar-refractivity contribution >= 4 is 85.9 Å². The highest BCUT2D eigenvalue weighted by molar-refractivity contribution is 7.26. The molecule has 13 rings (SSSR count). The van der Waals surface area contributed by atoms with Gasteiger partial charge in [-0.2, -0.15) is 0 Å². The first kappa shape index (κ1) is 32.5. The molecule has 0 spiro atoms. The lowest BCUT2D eigenvalue weighted by molar-refractivity contribution is 0.995. The predicted octanol–water partition coefficient (Wildman–Crippen LogP) is 14.6. The Bertz CT molecular complexity index is 3720. The van der Waals surface area contributed by atoms with Gasteiger partial charge in [0.15, 0.2) is 0 Å². The third kappa shape index (κ3) is 4.77. The van der Waals surface area contributed by atoms with Gasteiger partial charge in [0.2, 0.25) is 5.95 Å². The van der Waals surface area contributed by atoms with Crippen LogP contribution in [-0.4, -0.2) is 19.1 Å². The van der Waals surface area contributed by atoms with E-state index in [4.69, 9.17) is 9.97 Å². The van der Waals surface area contributed by atoms with Gasteiger partial charge in [-0.05, 0) is 70.4 Å². The minimum Gasteiger partial charge on any atom is -0.308 e. The molecule has 0 bridgehead atoms. The fraction of sp³-hybridized carbons (Fsp3) is 0. The molecule has 274 valence electrons. The zero-order chi connectivity index (χ0) is 38.6. The first-order valence-corrected chi connectivity index (χ1v) is 20.8. The van der Waals surface area contributed by atoms with Gasteiger partial charge in [0.25, 0.3) is 0 Å². The van der Waals surface area contributed by atoms with E-state index in [0.717, 1.165) is 33.5 Å². The molecule has 0 saturated heterocycles. The minimum absolute atomic E-state index is 0.651. The van der Waals surface area contributed by atoms with E-state index in [2.05, 4.69) is 191 Å². The van der Waals surface area contributed by atoms with Crippen LogP contribution in [0, 0.1) is 0 Å². The van der Waals surface area contributed by atoms with Gasteiger partial charge in [-0.15, -0.1) is 11.3 Å². The number of nitrogens with zero attached hydrogens (tertiary/aromatic N) is 4. The summed E-state index contributed by atoms with van der Waals surface area (Å²) in [5.41, 5.74) is 12.1. The molecule has 0 amide bonds. The summed E-state index contributed by atoms with van der Waals surface area (Å²) in [6.45, 7) is 0. The van der Waals surface area contributed by atoms with Gasteiger partial charge in [0.05, 0.1) is 43.8 Å². The van der Waals surface area contributed by atoms with Crippen LogP contribution in [0.15, 0.2) is 194 Å². The number of rotatable bonds is 5. The van der Waals surface area contributed by atoms with E-state index in [1.54, 1.807) is 0 Å². The largest absolute Gasteiger partial charge is 0.308 e. The van der Waals surface area contributed by atoms with Crippen molar-refractivity contribution in [1.29, 1.82) is 0 Å². The first-order chi connectivity index (χ1) is 29.3. The highest BCUT2D eigenvalue weighted by atomic mass is 32.1. The SMILES string of the molecule is c1ccc(-c2cc(-c3ccccc3)nc(-n3c4ccccc4c4cc(-c5ccc6c7c5ccc5cccc(c57)n6-c5cccc6c5sc5ccccc56)ccc43)n2)cc1. The molecule has 0 aliphatic heterocycles. The molecule has 0 unspecified atom stereocenters. The molecular formula is C54H32N4S. The quantitative estimate of drug-likeness (QED) is 0.164. The van der Waals surface area contributed by atoms with Crippen LogP contribution in [0.2, 0.25) is 0 Å². The topological polar surface area (TPSA) is 35.6 Å². The Labute approximate surface area is 342 Å². The van der Waals surface area contributed by atoms with Crippen LogP contribution in [0.4, 0.5) is 0 Å². The first-order valence-electron chi connectivity index (χ1n) is 20.0. The highest BCUT2D eigenvalue weighted by Gasteiger charge is 2.22. The molecule has 4 heterocycles. The number of thiophene rings is 1. The molecule has 9 aromatic carbocycles. The van der Waals surface area contributed by atoms with E-state index in [-0.39, 0.29) is 0 Å². The second-order valence-electron chi connectivity index (χ2n) is 15.3. The third-order valence-corrected chi connectivity index (χ3v) is 13.3. The smallest absolute Gasteiger partial charge is 0.235 e. The van der Waals surface area contributed by atoms with Crippen LogP contribution >= 0.6 is 11.3 Å². The number of hydrogen-bond donors (Lipinski definition) is 0. The lowest BCUT2D eigenvalue weighted by Crippen LogP contribution is -2.04. The molecular weight excluding hydrogens is 737 g/mol. The summed E-state index contributed by atoms with van der Waals surface area (Å²) in [6.07, 6.45) is 0. The fourth-order valence-corrected chi connectivity index (χ4v) is 10.7. The van der Waals surface area contributed by atoms with Gasteiger partial charge < -0.3 is 4.57 Å². The van der Waals surface area contributed by atoms with Gasteiger partial charge in [0.1, 0.15) is 0 Å². The van der Waals surface area contributed by atoms with Crippen LogP contribution in [0.3, 0.4) is 0 Å². The Balaban J connectivity index is 1.03. The van der Waals surface area contributed by atoms with Crippen molar-refractivity contribution < 1.29 is 0 Å². The van der Waals surface area contributed by atoms with Gasteiger partial charge in [-0.1, -0.05) is 146 Å². The molecule has 0 aliphatic carbocycles. The van der Waals surface area contributed by atoms with Gasteiger partial charge >= 0.3 is 0 Å². The monoisotopic (exact) mass is 768 g/mol. The van der Waals surface area contributed by atoms with Crippen LogP contribution in [0.25, 0.3) is 120 Å². The summed E-state index contributed by atoms with van der Waals surface area (Å²) in [5.74, 6) is 0.651. The molecule has 59 heavy (non-hydrogen) atoms. The van der Waals surface area contributed by atoms with Gasteiger partial charge in [0, 0.05) is 48.1 Å². The minimum atomic E-state index is 0.651. The number of hydrogen-bond acceptors (Lipinski definition) is 3. The Kier molecular flexibility index (Phi) is 6.85. The van der Waals surface area contributed by atoms with Crippen molar-refractivity contribution in [2.45, 2.75) is 0 Å². The molecule has 4 nitrogen and oxygen atoms in total. The van der Waals surface area contributed by atoms with E-state index < -0.39 is 0 Å². The average molecular weight is 769 g/mol. The zero-order valence-electron chi connectivity index (χ0n) is 31.7. The summed E-state index contributed by atoms with van der Waals surface area (Å²) in [4.78, 5) is 10.5. The molecule has 0 atom stereocenters. The number of benzene rings is 9. The van der Waals surface area contributed by atoms with Crippen LogP contribution < -0.4 is 0 Å². The molecule has 0 aliphatic rings. The Hall–Kier alpha value is -7.60. The van der Waals surface area contributed by atoms with Crippen LogP contribution in [0.1, 0.15) is 0 Å². The van der Waals surface area contributed by atoms with Crippen molar-refractivity contribution in [3.8, 4) is 45.3 Å².